The molecule has 4 heteroatoms. The van der Waals surface area contributed by atoms with Crippen LogP contribution in [0.3, 0.4) is 0 Å². The van der Waals surface area contributed by atoms with Crippen molar-refractivity contribution in [2.24, 2.45) is 11.7 Å². The van der Waals surface area contributed by atoms with Gasteiger partial charge in [-0.15, -0.1) is 0 Å². The molecule has 0 aromatic rings. The molecule has 2 fully saturated rings. The van der Waals surface area contributed by atoms with Gasteiger partial charge in [0.15, 0.2) is 0 Å². The summed E-state index contributed by atoms with van der Waals surface area (Å²) >= 11 is 0. The van der Waals surface area contributed by atoms with Crippen molar-refractivity contribution in [1.82, 2.24) is 4.90 Å². The molecule has 1 heterocycles. The third kappa shape index (κ3) is 2.74. The van der Waals surface area contributed by atoms with Gasteiger partial charge in [0.25, 0.3) is 0 Å². The highest BCUT2D eigenvalue weighted by molar-refractivity contribution is 5.79. The van der Waals surface area contributed by atoms with Gasteiger partial charge in [0.2, 0.25) is 5.91 Å². The van der Waals surface area contributed by atoms with Crippen molar-refractivity contribution in [2.75, 3.05) is 19.7 Å². The number of nitrogens with two attached hydrogens (primary N) is 1. The van der Waals surface area contributed by atoms with E-state index in [9.17, 15) is 4.79 Å². The maximum atomic E-state index is 12.3. The Labute approximate surface area is 97.1 Å². The molecule has 1 aliphatic carbocycles. The molecule has 2 aliphatic rings. The van der Waals surface area contributed by atoms with Crippen LogP contribution in [0.1, 0.15) is 32.6 Å². The van der Waals surface area contributed by atoms with Crippen LogP contribution in [0.15, 0.2) is 0 Å². The molecule has 1 aliphatic heterocycles. The number of amides is 1. The van der Waals surface area contributed by atoms with Crippen LogP contribution in [0, 0.1) is 5.92 Å². The van der Waals surface area contributed by atoms with E-state index >= 15 is 0 Å². The molecule has 4 nitrogen and oxygen atoms in total. The van der Waals surface area contributed by atoms with Crippen LogP contribution in [0.2, 0.25) is 0 Å². The summed E-state index contributed by atoms with van der Waals surface area (Å²) in [5.74, 6) is 0.458. The largest absolute Gasteiger partial charge is 0.375 e. The highest BCUT2D eigenvalue weighted by Gasteiger charge is 2.30. The molecular weight excluding hydrogens is 204 g/mol. The van der Waals surface area contributed by atoms with Crippen LogP contribution in [0.4, 0.5) is 0 Å². The lowest BCUT2D eigenvalue weighted by Gasteiger charge is -2.35. The van der Waals surface area contributed by atoms with E-state index in [1.165, 1.54) is 0 Å². The molecular formula is C12H22N2O2. The van der Waals surface area contributed by atoms with Crippen LogP contribution in [-0.4, -0.2) is 42.6 Å². The SMILES string of the molecule is CC1CN(C(=O)C2CCCC(N)C2)CCO1. The van der Waals surface area contributed by atoms with Crippen LogP contribution in [-0.2, 0) is 9.53 Å². The third-order valence-corrected chi connectivity index (χ3v) is 3.62. The molecule has 1 saturated heterocycles. The highest BCUT2D eigenvalue weighted by atomic mass is 16.5. The molecule has 0 radical (unpaired) electrons. The van der Waals surface area contributed by atoms with Gasteiger partial charge in [-0.2, -0.15) is 0 Å². The van der Waals surface area contributed by atoms with Crippen molar-refractivity contribution in [3.8, 4) is 0 Å². The van der Waals surface area contributed by atoms with Crippen molar-refractivity contribution in [1.29, 1.82) is 0 Å². The molecule has 0 aromatic heterocycles. The number of rotatable bonds is 1. The number of carbonyl (C=O) groups is 1. The van der Waals surface area contributed by atoms with Crippen molar-refractivity contribution in [3.05, 3.63) is 0 Å². The first-order chi connectivity index (χ1) is 7.66. The number of ether oxygens (including phenoxy) is 1. The van der Waals surface area contributed by atoms with Crippen LogP contribution in [0.25, 0.3) is 0 Å². The Bertz CT molecular complexity index is 233. The molecule has 1 amide bonds. The average molecular weight is 226 g/mol. The lowest BCUT2D eigenvalue weighted by atomic mass is 9.85. The summed E-state index contributed by atoms with van der Waals surface area (Å²) in [6.07, 6.45) is 4.22. The van der Waals surface area contributed by atoms with E-state index in [0.29, 0.717) is 12.5 Å². The maximum absolute atomic E-state index is 12.3. The zero-order valence-electron chi connectivity index (χ0n) is 10.0. The Kier molecular flexibility index (Phi) is 3.82. The van der Waals surface area contributed by atoms with Gasteiger partial charge in [0.05, 0.1) is 12.7 Å². The summed E-state index contributed by atoms with van der Waals surface area (Å²) in [7, 11) is 0. The minimum absolute atomic E-state index is 0.161. The quantitative estimate of drug-likeness (QED) is 0.718. The summed E-state index contributed by atoms with van der Waals surface area (Å²) in [6.45, 7) is 4.18. The monoisotopic (exact) mass is 226 g/mol. The van der Waals surface area contributed by atoms with Crippen molar-refractivity contribution < 1.29 is 9.53 Å². The van der Waals surface area contributed by atoms with Crippen LogP contribution < -0.4 is 5.73 Å². The van der Waals surface area contributed by atoms with E-state index in [1.54, 1.807) is 0 Å². The fourth-order valence-electron chi connectivity index (χ4n) is 2.73. The highest BCUT2D eigenvalue weighted by Crippen LogP contribution is 2.25. The first kappa shape index (κ1) is 11.9. The van der Waals surface area contributed by atoms with Gasteiger partial charge < -0.3 is 15.4 Å². The van der Waals surface area contributed by atoms with Gasteiger partial charge in [-0.05, 0) is 26.2 Å². The number of hydrogen-bond donors (Lipinski definition) is 1. The Morgan fingerprint density at radius 2 is 2.25 bits per heavy atom. The van der Waals surface area contributed by atoms with Crippen molar-refractivity contribution in [3.63, 3.8) is 0 Å². The number of carbonyl (C=O) groups excluding carboxylic acids is 1. The number of nitrogens with zero attached hydrogens (tertiary/aromatic N) is 1. The second-order valence-corrected chi connectivity index (χ2v) is 5.09. The van der Waals surface area contributed by atoms with Gasteiger partial charge in [0.1, 0.15) is 0 Å². The minimum atomic E-state index is 0.161. The average Bonchev–Trinajstić information content (AvgIpc) is 2.28. The third-order valence-electron chi connectivity index (χ3n) is 3.62. The Balaban J connectivity index is 1.90. The lowest BCUT2D eigenvalue weighted by molar-refractivity contribution is -0.143. The smallest absolute Gasteiger partial charge is 0.225 e. The standard InChI is InChI=1S/C12H22N2O2/c1-9-8-14(5-6-16-9)12(15)10-3-2-4-11(13)7-10/h9-11H,2-8,13H2,1H3. The number of hydrogen-bond acceptors (Lipinski definition) is 3. The normalized spacial score (nSPS) is 36.1. The Morgan fingerprint density at radius 3 is 2.94 bits per heavy atom. The van der Waals surface area contributed by atoms with Crippen LogP contribution >= 0.6 is 0 Å². The molecule has 0 bridgehead atoms. The fraction of sp³-hybridized carbons (Fsp3) is 0.917. The predicted octanol–water partition coefficient (Wildman–Crippen LogP) is 0.751. The maximum Gasteiger partial charge on any atom is 0.225 e. The zero-order chi connectivity index (χ0) is 11.5. The van der Waals surface area contributed by atoms with E-state index in [-0.39, 0.29) is 18.1 Å². The van der Waals surface area contributed by atoms with Gasteiger partial charge in [-0.3, -0.25) is 4.79 Å². The summed E-state index contributed by atoms with van der Waals surface area (Å²) < 4.78 is 5.45. The second-order valence-electron chi connectivity index (χ2n) is 5.09. The topological polar surface area (TPSA) is 55.6 Å². The first-order valence-electron chi connectivity index (χ1n) is 6.33. The Morgan fingerprint density at radius 1 is 1.44 bits per heavy atom. The van der Waals surface area contributed by atoms with Crippen molar-refractivity contribution in [2.45, 2.75) is 44.8 Å². The molecule has 3 unspecified atom stereocenters. The van der Waals surface area contributed by atoms with E-state index in [1.807, 2.05) is 11.8 Å². The van der Waals surface area contributed by atoms with E-state index < -0.39 is 0 Å². The lowest BCUT2D eigenvalue weighted by Crippen LogP contribution is -2.48. The number of morpholine rings is 1. The Hall–Kier alpha value is -0.610. The summed E-state index contributed by atoms with van der Waals surface area (Å²) in [5, 5.41) is 0. The van der Waals surface area contributed by atoms with Crippen molar-refractivity contribution >= 4 is 5.91 Å². The summed E-state index contributed by atoms with van der Waals surface area (Å²) in [5.41, 5.74) is 5.92. The first-order valence-corrected chi connectivity index (χ1v) is 6.33. The summed E-state index contributed by atoms with van der Waals surface area (Å²) in [4.78, 5) is 14.2. The van der Waals surface area contributed by atoms with Gasteiger partial charge >= 0.3 is 0 Å². The van der Waals surface area contributed by atoms with E-state index in [2.05, 4.69) is 0 Å². The molecule has 3 atom stereocenters. The molecule has 0 spiro atoms. The second kappa shape index (κ2) is 5.15. The molecule has 0 aromatic carbocycles. The molecule has 92 valence electrons. The van der Waals surface area contributed by atoms with E-state index in [4.69, 9.17) is 10.5 Å². The molecule has 2 N–H and O–H groups in total. The molecule has 2 rings (SSSR count). The van der Waals surface area contributed by atoms with E-state index in [0.717, 1.165) is 38.8 Å². The van der Waals surface area contributed by atoms with Gasteiger partial charge in [-0.1, -0.05) is 6.42 Å². The van der Waals surface area contributed by atoms with Gasteiger partial charge in [-0.25, -0.2) is 0 Å². The predicted molar refractivity (Wildman–Crippen MR) is 61.9 cm³/mol. The van der Waals surface area contributed by atoms with Gasteiger partial charge in [0, 0.05) is 25.0 Å². The zero-order valence-corrected chi connectivity index (χ0v) is 10.0. The fourth-order valence-corrected chi connectivity index (χ4v) is 2.73. The minimum Gasteiger partial charge on any atom is -0.375 e. The summed E-state index contributed by atoms with van der Waals surface area (Å²) in [6, 6.07) is 0.223. The molecule has 16 heavy (non-hydrogen) atoms. The van der Waals surface area contributed by atoms with Crippen LogP contribution in [0.5, 0.6) is 0 Å². The molecule has 1 saturated carbocycles.